The number of methoxy groups -OCH3 is 1. The maximum atomic E-state index is 14.7. The normalized spacial score (nSPS) is 15.2. The summed E-state index contributed by atoms with van der Waals surface area (Å²) in [5, 5.41) is 10.3. The van der Waals surface area contributed by atoms with Gasteiger partial charge in [0.25, 0.3) is 0 Å². The van der Waals surface area contributed by atoms with Gasteiger partial charge in [-0.15, -0.1) is 0 Å². The summed E-state index contributed by atoms with van der Waals surface area (Å²) < 4.78 is 33.6. The molecule has 6 nitrogen and oxygen atoms in total. The topological polar surface area (TPSA) is 77.9 Å². The number of fused-ring (bicyclic) bond motifs is 1. The molecular weight excluding hydrogens is 392 g/mol. The van der Waals surface area contributed by atoms with E-state index in [4.69, 9.17) is 4.74 Å². The number of carbonyl (C=O) groups is 1. The second kappa shape index (κ2) is 8.14. The average molecular weight is 413 g/mol. The van der Waals surface area contributed by atoms with E-state index in [1.807, 2.05) is 4.90 Å². The van der Waals surface area contributed by atoms with Gasteiger partial charge >= 0.3 is 5.97 Å². The molecule has 0 bridgehead atoms. The highest BCUT2D eigenvalue weighted by molar-refractivity contribution is 6.02. The van der Waals surface area contributed by atoms with Crippen molar-refractivity contribution in [2.24, 2.45) is 10.9 Å². The van der Waals surface area contributed by atoms with Crippen LogP contribution in [0.3, 0.4) is 0 Å². The minimum absolute atomic E-state index is 0.151. The van der Waals surface area contributed by atoms with E-state index in [0.29, 0.717) is 42.8 Å². The van der Waals surface area contributed by atoms with Crippen LogP contribution in [0.2, 0.25) is 0 Å². The number of rotatable bonds is 4. The molecule has 1 saturated heterocycles. The highest BCUT2D eigenvalue weighted by atomic mass is 19.1. The van der Waals surface area contributed by atoms with Gasteiger partial charge in [-0.05, 0) is 37.1 Å². The van der Waals surface area contributed by atoms with Crippen LogP contribution in [0.25, 0.3) is 10.9 Å². The van der Waals surface area contributed by atoms with E-state index in [1.165, 1.54) is 31.5 Å². The van der Waals surface area contributed by atoms with E-state index in [1.54, 1.807) is 18.2 Å². The van der Waals surface area contributed by atoms with E-state index in [9.17, 15) is 18.7 Å². The molecule has 30 heavy (non-hydrogen) atoms. The molecule has 0 unspecified atom stereocenters. The summed E-state index contributed by atoms with van der Waals surface area (Å²) in [5.74, 6) is -1.50. The molecule has 4 rings (SSSR count). The fourth-order valence-corrected chi connectivity index (χ4v) is 3.84. The fraction of sp³-hybridized carbons (Fsp3) is 0.273. The number of halogens is 2. The van der Waals surface area contributed by atoms with E-state index in [2.05, 4.69) is 9.98 Å². The van der Waals surface area contributed by atoms with Gasteiger partial charge in [-0.3, -0.25) is 9.79 Å². The van der Waals surface area contributed by atoms with Gasteiger partial charge < -0.3 is 19.7 Å². The molecule has 2 N–H and O–H groups in total. The van der Waals surface area contributed by atoms with Crippen LogP contribution < -0.4 is 4.90 Å². The Hall–Kier alpha value is -3.42. The number of H-pyrrole nitrogens is 1. The molecule has 1 aliphatic rings. The Morgan fingerprint density at radius 1 is 1.23 bits per heavy atom. The highest BCUT2D eigenvalue weighted by Crippen LogP contribution is 2.31. The number of benzene rings is 2. The lowest BCUT2D eigenvalue weighted by Gasteiger charge is -2.32. The van der Waals surface area contributed by atoms with Crippen molar-refractivity contribution in [2.75, 3.05) is 25.1 Å². The van der Waals surface area contributed by atoms with Gasteiger partial charge in [-0.2, -0.15) is 0 Å². The first-order valence-electron chi connectivity index (χ1n) is 9.63. The fourth-order valence-electron chi connectivity index (χ4n) is 3.84. The van der Waals surface area contributed by atoms with Gasteiger partial charge in [-0.1, -0.05) is 6.07 Å². The first-order valence-corrected chi connectivity index (χ1v) is 9.63. The van der Waals surface area contributed by atoms with Crippen molar-refractivity contribution in [3.63, 3.8) is 0 Å². The smallest absolute Gasteiger partial charge is 0.308 e. The van der Waals surface area contributed by atoms with Gasteiger partial charge in [0.05, 0.1) is 35.5 Å². The lowest BCUT2D eigenvalue weighted by molar-refractivity contribution is -0.146. The zero-order valence-corrected chi connectivity index (χ0v) is 16.4. The number of nitrogens with zero attached hydrogens (tertiary/aromatic N) is 2. The zero-order chi connectivity index (χ0) is 21.3. The van der Waals surface area contributed by atoms with E-state index in [-0.39, 0.29) is 28.7 Å². The Morgan fingerprint density at radius 3 is 2.70 bits per heavy atom. The van der Waals surface area contributed by atoms with Crippen molar-refractivity contribution in [3.05, 3.63) is 53.6 Å². The van der Waals surface area contributed by atoms with E-state index >= 15 is 0 Å². The molecule has 0 radical (unpaired) electrons. The number of aliphatic imine (C=N–C) groups is 1. The van der Waals surface area contributed by atoms with Crippen LogP contribution >= 0.6 is 0 Å². The molecule has 1 aliphatic heterocycles. The minimum Gasteiger partial charge on any atom is -0.494 e. The number of nitrogens with one attached hydrogen (secondary N) is 1. The standard InChI is InChI=1S/C22H21F2N3O3/c1-30-22(29)13-7-9-27(10-8-13)19-6-5-14(11-17(19)24)25-12-15-20-16(23)3-2-4-18(20)26-21(15)28/h2-6,11-13,26,28H,7-10H2,1H3. The Kier molecular flexibility index (Phi) is 5.39. The van der Waals surface area contributed by atoms with Crippen LogP contribution in [0.5, 0.6) is 5.88 Å². The summed E-state index contributed by atoms with van der Waals surface area (Å²) in [5.41, 5.74) is 1.44. The Bertz CT molecular complexity index is 1120. The molecule has 0 saturated carbocycles. The molecule has 1 aromatic heterocycles. The molecule has 0 atom stereocenters. The number of piperidine rings is 1. The van der Waals surface area contributed by atoms with Crippen LogP contribution in [-0.2, 0) is 9.53 Å². The van der Waals surface area contributed by atoms with Crippen LogP contribution in [0.4, 0.5) is 20.2 Å². The van der Waals surface area contributed by atoms with Crippen molar-refractivity contribution in [1.82, 2.24) is 4.98 Å². The summed E-state index contributed by atoms with van der Waals surface area (Å²) in [6.07, 6.45) is 2.53. The van der Waals surface area contributed by atoms with Crippen LogP contribution in [0.1, 0.15) is 18.4 Å². The number of anilines is 1. The van der Waals surface area contributed by atoms with Crippen LogP contribution in [-0.4, -0.2) is 42.5 Å². The average Bonchev–Trinajstić information content (AvgIpc) is 3.08. The van der Waals surface area contributed by atoms with Crippen molar-refractivity contribution in [2.45, 2.75) is 12.8 Å². The summed E-state index contributed by atoms with van der Waals surface area (Å²) in [6, 6.07) is 9.06. The first kappa shape index (κ1) is 19.9. The van der Waals surface area contributed by atoms with Gasteiger partial charge in [0.15, 0.2) is 5.88 Å². The maximum absolute atomic E-state index is 14.7. The van der Waals surface area contributed by atoms with Crippen molar-refractivity contribution in [3.8, 4) is 5.88 Å². The quantitative estimate of drug-likeness (QED) is 0.494. The van der Waals surface area contributed by atoms with Gasteiger partial charge in [0.2, 0.25) is 0 Å². The van der Waals surface area contributed by atoms with Crippen molar-refractivity contribution < 1.29 is 23.4 Å². The second-order valence-corrected chi connectivity index (χ2v) is 7.23. The predicted octanol–water partition coefficient (Wildman–Crippen LogP) is 4.29. The van der Waals surface area contributed by atoms with Gasteiger partial charge in [-0.25, -0.2) is 8.78 Å². The summed E-state index contributed by atoms with van der Waals surface area (Å²) in [7, 11) is 1.37. The molecule has 8 heteroatoms. The molecule has 3 aromatic rings. The highest BCUT2D eigenvalue weighted by Gasteiger charge is 2.26. The number of ether oxygens (including phenoxy) is 1. The lowest BCUT2D eigenvalue weighted by Crippen LogP contribution is -2.37. The lowest BCUT2D eigenvalue weighted by atomic mass is 9.96. The molecule has 0 aliphatic carbocycles. The third-order valence-corrected chi connectivity index (χ3v) is 5.44. The largest absolute Gasteiger partial charge is 0.494 e. The molecule has 156 valence electrons. The minimum atomic E-state index is -0.484. The summed E-state index contributed by atoms with van der Waals surface area (Å²) in [6.45, 7) is 1.11. The molecule has 2 aromatic carbocycles. The maximum Gasteiger partial charge on any atom is 0.308 e. The predicted molar refractivity (Wildman–Crippen MR) is 111 cm³/mol. The van der Waals surface area contributed by atoms with E-state index < -0.39 is 11.6 Å². The van der Waals surface area contributed by atoms with Gasteiger partial charge in [0, 0.05) is 30.8 Å². The van der Waals surface area contributed by atoms with Crippen LogP contribution in [0, 0.1) is 17.6 Å². The third-order valence-electron chi connectivity index (χ3n) is 5.44. The van der Waals surface area contributed by atoms with Crippen LogP contribution in [0.15, 0.2) is 41.4 Å². The Labute approximate surface area is 171 Å². The van der Waals surface area contributed by atoms with Crippen molar-refractivity contribution >= 4 is 34.5 Å². The summed E-state index contributed by atoms with van der Waals surface area (Å²) >= 11 is 0. The van der Waals surface area contributed by atoms with E-state index in [0.717, 1.165) is 0 Å². The number of hydrogen-bond donors (Lipinski definition) is 2. The second-order valence-electron chi connectivity index (χ2n) is 7.23. The third kappa shape index (κ3) is 3.72. The Balaban J connectivity index is 1.52. The molecule has 2 heterocycles. The molecule has 1 fully saturated rings. The number of aromatic hydroxyl groups is 1. The number of hydrogen-bond acceptors (Lipinski definition) is 5. The Morgan fingerprint density at radius 2 is 2.00 bits per heavy atom. The number of esters is 1. The summed E-state index contributed by atoms with van der Waals surface area (Å²) in [4.78, 5) is 20.4. The number of aromatic nitrogens is 1. The molecule has 0 amide bonds. The van der Waals surface area contributed by atoms with Gasteiger partial charge in [0.1, 0.15) is 11.6 Å². The number of carbonyl (C=O) groups excluding carboxylic acids is 1. The first-order chi connectivity index (χ1) is 14.5. The zero-order valence-electron chi connectivity index (χ0n) is 16.4. The SMILES string of the molecule is COC(=O)C1CCN(c2ccc(N=Cc3c(O)[nH]c4cccc(F)c34)cc2F)CC1. The monoisotopic (exact) mass is 413 g/mol. The number of aromatic amines is 1. The van der Waals surface area contributed by atoms with Crippen molar-refractivity contribution in [1.29, 1.82) is 0 Å². The molecule has 0 spiro atoms. The molecular formula is C22H21F2N3O3.